The lowest BCUT2D eigenvalue weighted by Gasteiger charge is -1.98. The number of nitrogens with zero attached hydrogens (tertiary/aromatic N) is 4. The molecule has 0 saturated carbocycles. The van der Waals surface area contributed by atoms with Crippen molar-refractivity contribution in [1.29, 1.82) is 0 Å². The molecule has 2 rings (SSSR count). The molecule has 0 fully saturated rings. The molecule has 0 spiro atoms. The lowest BCUT2D eigenvalue weighted by Crippen LogP contribution is -2.17. The van der Waals surface area contributed by atoms with Gasteiger partial charge in [0.1, 0.15) is 0 Å². The van der Waals surface area contributed by atoms with Crippen molar-refractivity contribution in [1.82, 2.24) is 25.2 Å². The Morgan fingerprint density at radius 2 is 2.33 bits per heavy atom. The van der Waals surface area contributed by atoms with Gasteiger partial charge >= 0.3 is 0 Å². The molecular weight excluding hydrogens is 156 g/mol. The van der Waals surface area contributed by atoms with E-state index in [0.717, 1.165) is 5.65 Å². The van der Waals surface area contributed by atoms with Gasteiger partial charge in [-0.25, -0.2) is 5.43 Å². The molecule has 0 bridgehead atoms. The number of fused-ring (bicyclic) bond motifs is 1. The first-order chi connectivity index (χ1) is 5.92. The minimum Gasteiger partial charge on any atom is -0.289 e. The zero-order valence-electron chi connectivity index (χ0n) is 6.52. The number of anilines is 1. The number of rotatable bonds is 2. The number of hydrogen-bond donors (Lipinski definition) is 2. The maximum absolute atomic E-state index is 4.05. The molecule has 2 heterocycles. The maximum Gasteiger partial charge on any atom is 0.260 e. The molecule has 0 aliphatic rings. The number of nitrogens with one attached hydrogen (secondary N) is 2. The SMILES string of the molecule is CNNc1nnc2cccnn12. The van der Waals surface area contributed by atoms with E-state index in [9.17, 15) is 0 Å². The van der Waals surface area contributed by atoms with Gasteiger partial charge < -0.3 is 0 Å². The van der Waals surface area contributed by atoms with E-state index < -0.39 is 0 Å². The van der Waals surface area contributed by atoms with E-state index in [1.807, 2.05) is 12.1 Å². The fraction of sp³-hybridized carbons (Fsp3) is 0.167. The Morgan fingerprint density at radius 3 is 3.17 bits per heavy atom. The molecule has 0 amide bonds. The van der Waals surface area contributed by atoms with E-state index in [-0.39, 0.29) is 0 Å². The summed E-state index contributed by atoms with van der Waals surface area (Å²) in [5, 5.41) is 11.8. The second-order valence-electron chi connectivity index (χ2n) is 2.19. The van der Waals surface area contributed by atoms with Gasteiger partial charge in [-0.05, 0) is 12.1 Å². The Labute approximate surface area is 68.6 Å². The summed E-state index contributed by atoms with van der Waals surface area (Å²) in [4.78, 5) is 0. The van der Waals surface area contributed by atoms with Gasteiger partial charge in [-0.3, -0.25) is 5.43 Å². The summed E-state index contributed by atoms with van der Waals surface area (Å²) in [6.07, 6.45) is 1.68. The van der Waals surface area contributed by atoms with Crippen LogP contribution in [0.15, 0.2) is 18.3 Å². The Balaban J connectivity index is 2.55. The van der Waals surface area contributed by atoms with Gasteiger partial charge in [0, 0.05) is 13.2 Å². The van der Waals surface area contributed by atoms with Crippen LogP contribution in [0.1, 0.15) is 0 Å². The lowest BCUT2D eigenvalue weighted by molar-refractivity contribution is 0.872. The molecule has 62 valence electrons. The van der Waals surface area contributed by atoms with Crippen molar-refractivity contribution in [2.75, 3.05) is 12.5 Å². The first-order valence-corrected chi connectivity index (χ1v) is 3.51. The predicted octanol–water partition coefficient (Wildman–Crippen LogP) is -0.329. The topological polar surface area (TPSA) is 67.1 Å². The Hall–Kier alpha value is -1.69. The van der Waals surface area contributed by atoms with Crippen LogP contribution in [0.3, 0.4) is 0 Å². The quantitative estimate of drug-likeness (QED) is 0.595. The summed E-state index contributed by atoms with van der Waals surface area (Å²) < 4.78 is 1.61. The number of aromatic nitrogens is 4. The standard InChI is InChI=1S/C6H8N6/c1-7-10-6-11-9-5-3-2-4-8-12(5)6/h2-4,7H,1H3,(H,10,11). The molecular formula is C6H8N6. The van der Waals surface area contributed by atoms with Crippen LogP contribution in [0.25, 0.3) is 5.65 Å². The molecule has 2 N–H and O–H groups in total. The molecule has 6 nitrogen and oxygen atoms in total. The molecule has 2 aromatic heterocycles. The van der Waals surface area contributed by atoms with Crippen LogP contribution in [0.5, 0.6) is 0 Å². The summed E-state index contributed by atoms with van der Waals surface area (Å²) in [5.74, 6) is 0.577. The highest BCUT2D eigenvalue weighted by Gasteiger charge is 2.02. The second kappa shape index (κ2) is 2.74. The minimum atomic E-state index is 0.577. The van der Waals surface area contributed by atoms with E-state index in [2.05, 4.69) is 26.1 Å². The highest BCUT2D eigenvalue weighted by molar-refractivity contribution is 5.41. The molecule has 0 atom stereocenters. The van der Waals surface area contributed by atoms with Crippen LogP contribution in [0.4, 0.5) is 5.95 Å². The van der Waals surface area contributed by atoms with Gasteiger partial charge in [0.2, 0.25) is 0 Å². The minimum absolute atomic E-state index is 0.577. The summed E-state index contributed by atoms with van der Waals surface area (Å²) in [6.45, 7) is 0. The Bertz CT molecular complexity index is 380. The van der Waals surface area contributed by atoms with Crippen LogP contribution in [-0.2, 0) is 0 Å². The normalized spacial score (nSPS) is 10.4. The smallest absolute Gasteiger partial charge is 0.260 e. The van der Waals surface area contributed by atoms with Crippen LogP contribution in [0, 0.1) is 0 Å². The van der Waals surface area contributed by atoms with E-state index in [1.165, 1.54) is 0 Å². The highest BCUT2D eigenvalue weighted by atomic mass is 15.5. The summed E-state index contributed by atoms with van der Waals surface area (Å²) in [7, 11) is 1.75. The summed E-state index contributed by atoms with van der Waals surface area (Å²) in [6, 6.07) is 3.65. The third-order valence-electron chi connectivity index (χ3n) is 1.42. The van der Waals surface area contributed by atoms with Gasteiger partial charge in [0.25, 0.3) is 5.95 Å². The zero-order valence-corrected chi connectivity index (χ0v) is 6.52. The second-order valence-corrected chi connectivity index (χ2v) is 2.19. The molecule has 2 aromatic rings. The molecule has 0 aliphatic carbocycles. The first-order valence-electron chi connectivity index (χ1n) is 3.51. The third kappa shape index (κ3) is 0.978. The third-order valence-corrected chi connectivity index (χ3v) is 1.42. The van der Waals surface area contributed by atoms with Crippen LogP contribution in [-0.4, -0.2) is 26.9 Å². The first kappa shape index (κ1) is 6.99. The maximum atomic E-state index is 4.05. The highest BCUT2D eigenvalue weighted by Crippen LogP contribution is 2.02. The predicted molar refractivity (Wildman–Crippen MR) is 43.5 cm³/mol. The van der Waals surface area contributed by atoms with Gasteiger partial charge in [-0.2, -0.15) is 9.61 Å². The van der Waals surface area contributed by atoms with Crippen molar-refractivity contribution >= 4 is 11.6 Å². The van der Waals surface area contributed by atoms with Crippen LogP contribution in [0.2, 0.25) is 0 Å². The van der Waals surface area contributed by atoms with Crippen molar-refractivity contribution in [3.8, 4) is 0 Å². The van der Waals surface area contributed by atoms with Crippen molar-refractivity contribution in [3.63, 3.8) is 0 Å². The average Bonchev–Trinajstić information content (AvgIpc) is 2.50. The van der Waals surface area contributed by atoms with Crippen molar-refractivity contribution in [2.45, 2.75) is 0 Å². The monoisotopic (exact) mass is 164 g/mol. The summed E-state index contributed by atoms with van der Waals surface area (Å²) >= 11 is 0. The van der Waals surface area contributed by atoms with E-state index in [0.29, 0.717) is 5.95 Å². The lowest BCUT2D eigenvalue weighted by atomic mass is 10.6. The Kier molecular flexibility index (Phi) is 1.60. The van der Waals surface area contributed by atoms with Gasteiger partial charge in [-0.15, -0.1) is 10.2 Å². The van der Waals surface area contributed by atoms with Gasteiger partial charge in [0.15, 0.2) is 5.65 Å². The molecule has 0 aliphatic heterocycles. The number of hydrogen-bond acceptors (Lipinski definition) is 5. The van der Waals surface area contributed by atoms with Crippen molar-refractivity contribution in [3.05, 3.63) is 18.3 Å². The molecule has 0 aromatic carbocycles. The fourth-order valence-corrected chi connectivity index (χ4v) is 0.934. The van der Waals surface area contributed by atoms with Crippen molar-refractivity contribution < 1.29 is 0 Å². The fourth-order valence-electron chi connectivity index (χ4n) is 0.934. The van der Waals surface area contributed by atoms with Crippen LogP contribution < -0.4 is 10.9 Å². The summed E-state index contributed by atoms with van der Waals surface area (Å²) in [5.41, 5.74) is 6.27. The zero-order chi connectivity index (χ0) is 8.39. The number of hydrazine groups is 1. The largest absolute Gasteiger partial charge is 0.289 e. The molecule has 0 radical (unpaired) electrons. The molecule has 12 heavy (non-hydrogen) atoms. The van der Waals surface area contributed by atoms with Gasteiger partial charge in [-0.1, -0.05) is 0 Å². The molecule has 6 heteroatoms. The van der Waals surface area contributed by atoms with Gasteiger partial charge in [0.05, 0.1) is 0 Å². The van der Waals surface area contributed by atoms with Crippen molar-refractivity contribution in [2.24, 2.45) is 0 Å². The molecule has 0 saturated heterocycles. The average molecular weight is 164 g/mol. The van der Waals surface area contributed by atoms with Crippen LogP contribution >= 0.6 is 0 Å². The van der Waals surface area contributed by atoms with E-state index in [4.69, 9.17) is 0 Å². The Morgan fingerprint density at radius 1 is 1.42 bits per heavy atom. The molecule has 0 unspecified atom stereocenters. The van der Waals surface area contributed by atoms with E-state index in [1.54, 1.807) is 17.8 Å². The van der Waals surface area contributed by atoms with E-state index >= 15 is 0 Å².